The number of methoxy groups -OCH3 is 2. The Balaban J connectivity index is 2.19. The van der Waals surface area contributed by atoms with Crippen molar-refractivity contribution in [2.24, 2.45) is 0 Å². The molecule has 2 N–H and O–H groups in total. The highest BCUT2D eigenvalue weighted by molar-refractivity contribution is 7.89. The van der Waals surface area contributed by atoms with E-state index in [1.165, 1.54) is 24.3 Å². The predicted octanol–water partition coefficient (Wildman–Crippen LogP) is 2.91. The summed E-state index contributed by atoms with van der Waals surface area (Å²) in [5.74, 6) is 0.373. The van der Waals surface area contributed by atoms with Crippen LogP contribution in [0, 0.1) is 0 Å². The number of ether oxygens (including phenoxy) is 2. The largest absolute Gasteiger partial charge is 0.497 e. The third kappa shape index (κ3) is 7.32. The van der Waals surface area contributed by atoms with Gasteiger partial charge in [-0.25, -0.2) is 13.1 Å². The molecule has 29 heavy (non-hydrogen) atoms. The minimum atomic E-state index is -3.85. The van der Waals surface area contributed by atoms with Crippen molar-refractivity contribution in [1.29, 1.82) is 0 Å². The van der Waals surface area contributed by atoms with Crippen LogP contribution in [-0.2, 0) is 19.6 Å². The number of hydrogen-bond acceptors (Lipinski definition) is 5. The van der Waals surface area contributed by atoms with Crippen molar-refractivity contribution in [2.75, 3.05) is 27.4 Å². The number of rotatable bonds is 11. The van der Waals surface area contributed by atoms with Crippen LogP contribution < -0.4 is 14.8 Å². The van der Waals surface area contributed by atoms with Crippen LogP contribution in [-0.4, -0.2) is 41.7 Å². The number of benzene rings is 2. The molecule has 0 saturated heterocycles. The summed E-state index contributed by atoms with van der Waals surface area (Å²) in [4.78, 5) is 12.4. The second kappa shape index (κ2) is 11.2. The van der Waals surface area contributed by atoms with Crippen molar-refractivity contribution < 1.29 is 22.7 Å². The quantitative estimate of drug-likeness (QED) is 0.524. The Bertz CT molecular complexity index is 886. The van der Waals surface area contributed by atoms with Gasteiger partial charge in [0.1, 0.15) is 5.75 Å². The average molecular weight is 441 g/mol. The molecule has 7 nitrogen and oxygen atoms in total. The predicted molar refractivity (Wildman–Crippen MR) is 112 cm³/mol. The second-order valence-corrected chi connectivity index (χ2v) is 8.45. The van der Waals surface area contributed by atoms with E-state index in [0.29, 0.717) is 35.9 Å². The lowest BCUT2D eigenvalue weighted by molar-refractivity contribution is -0.121. The molecule has 2 rings (SSSR count). The molecule has 9 heteroatoms. The highest BCUT2D eigenvalue weighted by atomic mass is 35.5. The van der Waals surface area contributed by atoms with Gasteiger partial charge in [-0.05, 0) is 48.4 Å². The van der Waals surface area contributed by atoms with Gasteiger partial charge in [0.15, 0.2) is 0 Å². The van der Waals surface area contributed by atoms with Gasteiger partial charge in [0, 0.05) is 31.7 Å². The smallest absolute Gasteiger partial charge is 0.241 e. The van der Waals surface area contributed by atoms with Gasteiger partial charge in [0.25, 0.3) is 0 Å². The third-order valence-electron chi connectivity index (χ3n) is 4.18. The molecule has 2 aromatic rings. The molecule has 0 aliphatic rings. The Kier molecular flexibility index (Phi) is 8.91. The summed E-state index contributed by atoms with van der Waals surface area (Å²) in [5.41, 5.74) is 0.649. The molecule has 0 fully saturated rings. The van der Waals surface area contributed by atoms with Gasteiger partial charge in [-0.1, -0.05) is 23.7 Å². The van der Waals surface area contributed by atoms with E-state index in [4.69, 9.17) is 21.1 Å². The number of carbonyl (C=O) groups is 1. The van der Waals surface area contributed by atoms with Gasteiger partial charge in [-0.2, -0.15) is 0 Å². The average Bonchev–Trinajstić information content (AvgIpc) is 2.71. The molecule has 0 heterocycles. The van der Waals surface area contributed by atoms with Crippen LogP contribution in [0.2, 0.25) is 5.02 Å². The normalized spacial score (nSPS) is 12.4. The molecule has 0 aliphatic carbocycles. The Morgan fingerprint density at radius 1 is 1.07 bits per heavy atom. The monoisotopic (exact) mass is 440 g/mol. The molecular formula is C20H25ClN2O5S. The van der Waals surface area contributed by atoms with Gasteiger partial charge in [0.2, 0.25) is 15.9 Å². The Morgan fingerprint density at radius 2 is 1.72 bits per heavy atom. The van der Waals surface area contributed by atoms with Gasteiger partial charge in [-0.15, -0.1) is 0 Å². The molecule has 0 aliphatic heterocycles. The summed E-state index contributed by atoms with van der Waals surface area (Å²) in [6.45, 7) is 0.983. The summed E-state index contributed by atoms with van der Waals surface area (Å²) in [6, 6.07) is 12.0. The zero-order valence-electron chi connectivity index (χ0n) is 16.4. The molecule has 0 saturated carbocycles. The van der Waals surface area contributed by atoms with Crippen LogP contribution in [0.4, 0.5) is 0 Å². The first kappa shape index (κ1) is 23.2. The van der Waals surface area contributed by atoms with Crippen molar-refractivity contribution in [3.63, 3.8) is 0 Å². The van der Waals surface area contributed by atoms with Gasteiger partial charge in [0.05, 0.1) is 18.0 Å². The first-order chi connectivity index (χ1) is 13.9. The van der Waals surface area contributed by atoms with Crippen molar-refractivity contribution in [3.8, 4) is 5.75 Å². The third-order valence-corrected chi connectivity index (χ3v) is 5.92. The molecule has 158 valence electrons. The summed E-state index contributed by atoms with van der Waals surface area (Å²) < 4.78 is 38.3. The highest BCUT2D eigenvalue weighted by Crippen LogP contribution is 2.23. The lowest BCUT2D eigenvalue weighted by atomic mass is 10.0. The van der Waals surface area contributed by atoms with Crippen LogP contribution >= 0.6 is 11.6 Å². The van der Waals surface area contributed by atoms with Crippen molar-refractivity contribution in [2.45, 2.75) is 23.8 Å². The van der Waals surface area contributed by atoms with Crippen LogP contribution in [0.15, 0.2) is 53.4 Å². The maximum atomic E-state index is 12.8. The Labute approximate surface area is 176 Å². The van der Waals surface area contributed by atoms with Crippen molar-refractivity contribution in [1.82, 2.24) is 10.0 Å². The van der Waals surface area contributed by atoms with Crippen molar-refractivity contribution >= 4 is 27.5 Å². The molecule has 0 bridgehead atoms. The lowest BCUT2D eigenvalue weighted by Gasteiger charge is -2.19. The Hall–Kier alpha value is -2.13. The fraction of sp³-hybridized carbons (Fsp3) is 0.350. The minimum Gasteiger partial charge on any atom is -0.497 e. The van der Waals surface area contributed by atoms with Gasteiger partial charge >= 0.3 is 0 Å². The fourth-order valence-corrected chi connectivity index (χ4v) is 3.99. The summed E-state index contributed by atoms with van der Waals surface area (Å²) in [5, 5.41) is 3.21. The maximum Gasteiger partial charge on any atom is 0.241 e. The number of nitrogens with one attached hydrogen (secondary N) is 2. The van der Waals surface area contributed by atoms with E-state index in [9.17, 15) is 13.2 Å². The standard InChI is InChI=1S/C20H25ClN2O5S/c1-27-13-3-12-22-20(24)14-19(15-4-8-17(28-2)9-5-15)23-29(25,26)18-10-6-16(21)7-11-18/h4-11,19,23H,3,12-14H2,1-2H3,(H,22,24)/t19-/m0/s1. The van der Waals surface area contributed by atoms with E-state index in [2.05, 4.69) is 10.0 Å². The first-order valence-electron chi connectivity index (χ1n) is 9.03. The maximum absolute atomic E-state index is 12.8. The highest BCUT2D eigenvalue weighted by Gasteiger charge is 2.24. The van der Waals surface area contributed by atoms with Crippen LogP contribution in [0.3, 0.4) is 0 Å². The molecule has 0 radical (unpaired) electrons. The molecule has 0 spiro atoms. The zero-order chi connectivity index (χ0) is 21.3. The number of sulfonamides is 1. The summed E-state index contributed by atoms with van der Waals surface area (Å²) >= 11 is 5.84. The first-order valence-corrected chi connectivity index (χ1v) is 10.9. The zero-order valence-corrected chi connectivity index (χ0v) is 17.9. The SMILES string of the molecule is COCCCNC(=O)C[C@H](NS(=O)(=O)c1ccc(Cl)cc1)c1ccc(OC)cc1. The van der Waals surface area contributed by atoms with Crippen LogP contribution in [0.5, 0.6) is 5.75 Å². The fourth-order valence-electron chi connectivity index (χ4n) is 2.63. The molecule has 1 atom stereocenters. The lowest BCUT2D eigenvalue weighted by Crippen LogP contribution is -2.34. The second-order valence-electron chi connectivity index (χ2n) is 6.30. The molecule has 2 aromatic carbocycles. The minimum absolute atomic E-state index is 0.0495. The number of halogens is 1. The molecule has 1 amide bonds. The van der Waals surface area contributed by atoms with E-state index in [1.54, 1.807) is 38.5 Å². The van der Waals surface area contributed by atoms with Crippen molar-refractivity contribution in [3.05, 3.63) is 59.1 Å². The number of hydrogen-bond donors (Lipinski definition) is 2. The molecule has 0 aromatic heterocycles. The summed E-state index contributed by atoms with van der Waals surface area (Å²) in [7, 11) is -0.720. The van der Waals surface area contributed by atoms with E-state index >= 15 is 0 Å². The number of carbonyl (C=O) groups excluding carboxylic acids is 1. The van der Waals surface area contributed by atoms with Crippen LogP contribution in [0.1, 0.15) is 24.4 Å². The van der Waals surface area contributed by atoms with Crippen LogP contribution in [0.25, 0.3) is 0 Å². The topological polar surface area (TPSA) is 93.7 Å². The van der Waals surface area contributed by atoms with E-state index in [1.807, 2.05) is 0 Å². The van der Waals surface area contributed by atoms with E-state index < -0.39 is 16.1 Å². The van der Waals surface area contributed by atoms with E-state index in [-0.39, 0.29) is 17.2 Å². The molecule has 0 unspecified atom stereocenters. The molecular weight excluding hydrogens is 416 g/mol. The Morgan fingerprint density at radius 3 is 2.31 bits per heavy atom. The number of amides is 1. The van der Waals surface area contributed by atoms with Gasteiger partial charge in [-0.3, -0.25) is 4.79 Å². The summed E-state index contributed by atoms with van der Waals surface area (Å²) in [6.07, 6.45) is 0.623. The van der Waals surface area contributed by atoms with Gasteiger partial charge < -0.3 is 14.8 Å². The van der Waals surface area contributed by atoms with E-state index in [0.717, 1.165) is 0 Å².